The van der Waals surface area contributed by atoms with Gasteiger partial charge >= 0.3 is 0 Å². The first kappa shape index (κ1) is 22.1. The largest absolute Gasteiger partial charge is 0.454 e. The molecule has 4 rings (SSSR count). The Morgan fingerprint density at radius 1 is 0.750 bits per heavy atom. The van der Waals surface area contributed by atoms with Gasteiger partial charge in [-0.2, -0.15) is 10.2 Å². The highest BCUT2D eigenvalue weighted by molar-refractivity contribution is 9.10. The third-order valence-electron chi connectivity index (χ3n) is 4.35. The molecule has 2 aliphatic heterocycles. The van der Waals surface area contributed by atoms with Gasteiger partial charge in [-0.15, -0.1) is 0 Å². The Morgan fingerprint density at radius 3 is 1.53 bits per heavy atom. The molecule has 0 saturated carbocycles. The van der Waals surface area contributed by atoms with Crippen LogP contribution in [0.25, 0.3) is 0 Å². The lowest BCUT2D eigenvalue weighted by atomic mass is 10.2. The number of carbonyl (C=O) groups excluding carboxylic acids is 2. The van der Waals surface area contributed by atoms with E-state index in [4.69, 9.17) is 18.9 Å². The summed E-state index contributed by atoms with van der Waals surface area (Å²) < 4.78 is 22.7. The van der Waals surface area contributed by atoms with Crippen LogP contribution in [0.4, 0.5) is 0 Å². The van der Waals surface area contributed by atoms with Crippen molar-refractivity contribution in [1.29, 1.82) is 0 Å². The molecule has 0 radical (unpaired) electrons. The van der Waals surface area contributed by atoms with Crippen LogP contribution in [0, 0.1) is 0 Å². The Kier molecular flexibility index (Phi) is 6.90. The number of hydrazone groups is 2. The maximum absolute atomic E-state index is 11.9. The molecule has 2 N–H and O–H groups in total. The predicted octanol–water partition coefficient (Wildman–Crippen LogP) is 3.05. The second-order valence-electron chi connectivity index (χ2n) is 6.54. The number of amides is 2. The van der Waals surface area contributed by atoms with Gasteiger partial charge in [-0.3, -0.25) is 9.59 Å². The lowest BCUT2D eigenvalue weighted by molar-refractivity contribution is -0.126. The van der Waals surface area contributed by atoms with Crippen LogP contribution in [0.15, 0.2) is 43.4 Å². The first-order valence-electron chi connectivity index (χ1n) is 9.31. The number of nitrogens with one attached hydrogen (secondary N) is 2. The van der Waals surface area contributed by atoms with Crippen LogP contribution in [-0.4, -0.2) is 37.8 Å². The number of carbonyl (C=O) groups is 2. The van der Waals surface area contributed by atoms with E-state index in [1.807, 2.05) is 0 Å². The summed E-state index contributed by atoms with van der Waals surface area (Å²) in [5, 5.41) is 7.81. The normalized spacial score (nSPS) is 13.7. The third-order valence-corrected chi connectivity index (χ3v) is 5.72. The summed E-state index contributed by atoms with van der Waals surface area (Å²) in [5.41, 5.74) is 6.17. The van der Waals surface area contributed by atoms with E-state index < -0.39 is 11.8 Å². The minimum absolute atomic E-state index is 0.0469. The number of rotatable bonds is 7. The van der Waals surface area contributed by atoms with Gasteiger partial charge in [0.1, 0.15) is 0 Å². The predicted molar refractivity (Wildman–Crippen MR) is 121 cm³/mol. The fourth-order valence-corrected chi connectivity index (χ4v) is 3.60. The van der Waals surface area contributed by atoms with Crippen LogP contribution in [-0.2, 0) is 9.59 Å². The molecule has 2 heterocycles. The van der Waals surface area contributed by atoms with Gasteiger partial charge in [-0.1, -0.05) is 0 Å². The van der Waals surface area contributed by atoms with Gasteiger partial charge in [-0.25, -0.2) is 10.9 Å². The van der Waals surface area contributed by atoms with Gasteiger partial charge in [-0.05, 0) is 56.1 Å². The number of nitrogens with zero attached hydrogens (tertiary/aromatic N) is 2. The van der Waals surface area contributed by atoms with E-state index >= 15 is 0 Å². The number of hydrogen-bond donors (Lipinski definition) is 2. The molecular weight excluding hydrogens is 552 g/mol. The third kappa shape index (κ3) is 5.37. The van der Waals surface area contributed by atoms with Crippen molar-refractivity contribution in [3.05, 3.63) is 44.3 Å². The van der Waals surface area contributed by atoms with Crippen molar-refractivity contribution < 1.29 is 28.5 Å². The molecule has 0 unspecified atom stereocenters. The molecule has 0 atom stereocenters. The second-order valence-corrected chi connectivity index (χ2v) is 8.25. The molecule has 12 heteroatoms. The van der Waals surface area contributed by atoms with Crippen molar-refractivity contribution in [2.45, 2.75) is 12.8 Å². The monoisotopic (exact) mass is 566 g/mol. The molecule has 0 fully saturated rings. The molecule has 0 saturated heterocycles. The first-order chi connectivity index (χ1) is 15.5. The Hall–Kier alpha value is -3.12. The Labute approximate surface area is 199 Å². The van der Waals surface area contributed by atoms with Gasteiger partial charge in [0.25, 0.3) is 0 Å². The summed E-state index contributed by atoms with van der Waals surface area (Å²) in [4.78, 5) is 23.9. The zero-order chi connectivity index (χ0) is 22.5. The molecule has 2 aromatic carbocycles. The summed E-state index contributed by atoms with van der Waals surface area (Å²) in [7, 11) is 0. The SMILES string of the molecule is O=C(CCC(=O)N/N=C/c1cc2c(cc1Br)OCO2)N/N=C/c1cc2c(cc1Br)OCO2. The number of hydrogen-bond acceptors (Lipinski definition) is 8. The quantitative estimate of drug-likeness (QED) is 0.392. The Balaban J connectivity index is 1.21. The number of ether oxygens (including phenoxy) is 4. The summed E-state index contributed by atoms with van der Waals surface area (Å²) in [5.74, 6) is 1.67. The van der Waals surface area contributed by atoms with Crippen molar-refractivity contribution in [3.8, 4) is 23.0 Å². The molecular formula is C20H16Br2N4O6. The Bertz CT molecular complexity index is 1030. The first-order valence-corrected chi connectivity index (χ1v) is 10.9. The molecule has 0 aromatic heterocycles. The van der Waals surface area contributed by atoms with Gasteiger partial charge in [0.15, 0.2) is 23.0 Å². The molecule has 10 nitrogen and oxygen atoms in total. The molecule has 32 heavy (non-hydrogen) atoms. The molecule has 2 aliphatic rings. The maximum Gasteiger partial charge on any atom is 0.240 e. The van der Waals surface area contributed by atoms with E-state index in [2.05, 4.69) is 52.9 Å². The average Bonchev–Trinajstić information content (AvgIpc) is 3.41. The Morgan fingerprint density at radius 2 is 1.12 bits per heavy atom. The highest BCUT2D eigenvalue weighted by Crippen LogP contribution is 2.37. The molecule has 2 aromatic rings. The zero-order valence-electron chi connectivity index (χ0n) is 16.4. The van der Waals surface area contributed by atoms with E-state index in [1.165, 1.54) is 12.4 Å². The molecule has 0 spiro atoms. The van der Waals surface area contributed by atoms with E-state index in [-0.39, 0.29) is 26.4 Å². The van der Waals surface area contributed by atoms with E-state index in [1.54, 1.807) is 24.3 Å². The van der Waals surface area contributed by atoms with E-state index in [9.17, 15) is 9.59 Å². The highest BCUT2D eigenvalue weighted by atomic mass is 79.9. The summed E-state index contributed by atoms with van der Waals surface area (Å²) >= 11 is 6.81. The lowest BCUT2D eigenvalue weighted by Crippen LogP contribution is -2.22. The van der Waals surface area contributed by atoms with Crippen molar-refractivity contribution >= 4 is 56.1 Å². The van der Waals surface area contributed by atoms with Crippen LogP contribution >= 0.6 is 31.9 Å². The van der Waals surface area contributed by atoms with Crippen LogP contribution in [0.3, 0.4) is 0 Å². The van der Waals surface area contributed by atoms with Gasteiger partial charge in [0.05, 0.1) is 12.4 Å². The van der Waals surface area contributed by atoms with Crippen LogP contribution in [0.5, 0.6) is 23.0 Å². The fraction of sp³-hybridized carbons (Fsp3) is 0.200. The highest BCUT2D eigenvalue weighted by Gasteiger charge is 2.16. The van der Waals surface area contributed by atoms with Crippen molar-refractivity contribution in [2.24, 2.45) is 10.2 Å². The maximum atomic E-state index is 11.9. The zero-order valence-corrected chi connectivity index (χ0v) is 19.6. The number of halogens is 2. The van der Waals surface area contributed by atoms with Crippen molar-refractivity contribution in [2.75, 3.05) is 13.6 Å². The van der Waals surface area contributed by atoms with E-state index in [0.717, 1.165) is 8.95 Å². The van der Waals surface area contributed by atoms with Crippen LogP contribution in [0.2, 0.25) is 0 Å². The van der Waals surface area contributed by atoms with Gasteiger partial charge in [0, 0.05) is 32.9 Å². The standard InChI is InChI=1S/C20H16Br2N4O6/c21-13-5-17-15(29-9-31-17)3-11(13)7-23-25-19(27)1-2-20(28)26-24-8-12-4-16-18(6-14(12)22)32-10-30-16/h3-8H,1-2,9-10H2,(H,25,27)(H,26,28)/b23-7+,24-8+. The summed E-state index contributed by atoms with van der Waals surface area (Å²) in [6.45, 7) is 0.332. The molecule has 0 bridgehead atoms. The van der Waals surface area contributed by atoms with Crippen molar-refractivity contribution in [1.82, 2.24) is 10.9 Å². The summed E-state index contributed by atoms with van der Waals surface area (Å²) in [6.07, 6.45) is 2.85. The number of fused-ring (bicyclic) bond motifs is 2. The van der Waals surface area contributed by atoms with E-state index in [0.29, 0.717) is 34.1 Å². The van der Waals surface area contributed by atoms with Gasteiger partial charge in [0.2, 0.25) is 25.4 Å². The van der Waals surface area contributed by atoms with Crippen LogP contribution in [0.1, 0.15) is 24.0 Å². The molecule has 166 valence electrons. The minimum atomic E-state index is -0.407. The molecule has 0 aliphatic carbocycles. The average molecular weight is 568 g/mol. The molecule has 2 amide bonds. The van der Waals surface area contributed by atoms with Crippen molar-refractivity contribution in [3.63, 3.8) is 0 Å². The smallest absolute Gasteiger partial charge is 0.240 e. The number of benzene rings is 2. The second kappa shape index (κ2) is 10.0. The topological polar surface area (TPSA) is 120 Å². The fourth-order valence-electron chi connectivity index (χ4n) is 2.75. The van der Waals surface area contributed by atoms with Gasteiger partial charge < -0.3 is 18.9 Å². The summed E-state index contributed by atoms with van der Waals surface area (Å²) in [6, 6.07) is 7.01. The van der Waals surface area contributed by atoms with Crippen LogP contribution < -0.4 is 29.8 Å². The minimum Gasteiger partial charge on any atom is -0.454 e. The lowest BCUT2D eigenvalue weighted by Gasteiger charge is -2.03.